The first-order chi connectivity index (χ1) is 18.2. The lowest BCUT2D eigenvalue weighted by atomic mass is 9.78. The van der Waals surface area contributed by atoms with E-state index in [-0.39, 0.29) is 10.8 Å². The van der Waals surface area contributed by atoms with Gasteiger partial charge in [-0.25, -0.2) is 0 Å². The Morgan fingerprint density at radius 1 is 0.500 bits per heavy atom. The Hall–Kier alpha value is 0.390. The minimum Gasteiger partial charge on any atom is -0.375 e. The molecule has 0 aromatic rings. The van der Waals surface area contributed by atoms with Crippen LogP contribution in [0.2, 0.25) is 0 Å². The SMILES string of the molecule is CCCCCCCCCCC(CCCC)COC(C)(C)CC(C)(P)C(CCCC)CCCCCCCCC. The molecule has 0 radical (unpaired) electrons. The lowest BCUT2D eigenvalue weighted by Gasteiger charge is -2.41. The first-order valence-electron chi connectivity index (χ1n) is 17.6. The van der Waals surface area contributed by atoms with Crippen LogP contribution in [-0.4, -0.2) is 17.4 Å². The molecule has 0 fully saturated rings. The van der Waals surface area contributed by atoms with Crippen LogP contribution >= 0.6 is 9.24 Å². The molecule has 0 saturated heterocycles. The molecule has 0 aliphatic carbocycles. The normalized spacial score (nSPS) is 15.5. The van der Waals surface area contributed by atoms with E-state index in [0.29, 0.717) is 0 Å². The van der Waals surface area contributed by atoms with Crippen LogP contribution in [0.5, 0.6) is 0 Å². The van der Waals surface area contributed by atoms with Crippen molar-refractivity contribution in [3.05, 3.63) is 0 Å². The highest BCUT2D eigenvalue weighted by Crippen LogP contribution is 2.42. The van der Waals surface area contributed by atoms with Crippen LogP contribution in [0, 0.1) is 11.8 Å². The van der Waals surface area contributed by atoms with E-state index in [9.17, 15) is 0 Å². The number of hydrogen-bond acceptors (Lipinski definition) is 1. The molecule has 0 aromatic heterocycles. The third-order valence-electron chi connectivity index (χ3n) is 8.94. The number of hydrogen-bond donors (Lipinski definition) is 0. The van der Waals surface area contributed by atoms with Crippen molar-refractivity contribution in [2.24, 2.45) is 11.8 Å². The minimum absolute atomic E-state index is 0.0507. The molecule has 0 amide bonds. The predicted octanol–water partition coefficient (Wildman–Crippen LogP) is 13.1. The first-order valence-corrected chi connectivity index (χ1v) is 18.2. The first kappa shape index (κ1) is 38.4. The average molecular weight is 555 g/mol. The highest BCUT2D eigenvalue weighted by atomic mass is 31.0. The maximum atomic E-state index is 6.77. The summed E-state index contributed by atoms with van der Waals surface area (Å²) in [7, 11) is 3.31. The molecule has 0 saturated carbocycles. The Morgan fingerprint density at radius 2 is 0.868 bits per heavy atom. The highest BCUT2D eigenvalue weighted by molar-refractivity contribution is 7.18. The van der Waals surface area contributed by atoms with Gasteiger partial charge in [0.25, 0.3) is 0 Å². The van der Waals surface area contributed by atoms with E-state index in [0.717, 1.165) is 24.9 Å². The minimum atomic E-state index is -0.0507. The summed E-state index contributed by atoms with van der Waals surface area (Å²) < 4.78 is 6.77. The molecule has 0 N–H and O–H groups in total. The Kier molecular flexibility index (Phi) is 25.4. The van der Waals surface area contributed by atoms with E-state index >= 15 is 0 Å². The van der Waals surface area contributed by atoms with E-state index in [2.05, 4.69) is 57.7 Å². The van der Waals surface area contributed by atoms with Gasteiger partial charge in [0.1, 0.15) is 0 Å². The maximum absolute atomic E-state index is 6.77. The second-order valence-electron chi connectivity index (χ2n) is 13.8. The topological polar surface area (TPSA) is 9.23 Å². The monoisotopic (exact) mass is 555 g/mol. The fraction of sp³-hybridized carbons (Fsp3) is 1.00. The summed E-state index contributed by atoms with van der Waals surface area (Å²) in [6.45, 7) is 17.5. The van der Waals surface area contributed by atoms with Crippen LogP contribution in [-0.2, 0) is 4.74 Å². The van der Waals surface area contributed by atoms with Gasteiger partial charge in [0.05, 0.1) is 12.2 Å². The van der Waals surface area contributed by atoms with Crippen molar-refractivity contribution in [3.8, 4) is 0 Å². The van der Waals surface area contributed by atoms with Crippen LogP contribution in [0.15, 0.2) is 0 Å². The summed E-state index contributed by atoms with van der Waals surface area (Å²) in [5, 5.41) is 0.261. The van der Waals surface area contributed by atoms with Crippen molar-refractivity contribution in [1.82, 2.24) is 0 Å². The number of ether oxygens (including phenoxy) is 1. The van der Waals surface area contributed by atoms with Crippen molar-refractivity contribution < 1.29 is 4.74 Å². The zero-order chi connectivity index (χ0) is 28.5. The maximum Gasteiger partial charge on any atom is 0.0635 e. The lowest BCUT2D eigenvalue weighted by Crippen LogP contribution is -2.39. The smallest absolute Gasteiger partial charge is 0.0635 e. The third kappa shape index (κ3) is 22.1. The molecule has 0 heterocycles. The molecule has 230 valence electrons. The van der Waals surface area contributed by atoms with E-state index in [4.69, 9.17) is 4.74 Å². The van der Waals surface area contributed by atoms with Crippen LogP contribution in [0.1, 0.15) is 203 Å². The molecule has 0 spiro atoms. The van der Waals surface area contributed by atoms with Crippen molar-refractivity contribution in [1.29, 1.82) is 0 Å². The quantitative estimate of drug-likeness (QED) is 0.0660. The zero-order valence-corrected chi connectivity index (χ0v) is 29.0. The Bertz CT molecular complexity index is 486. The third-order valence-corrected chi connectivity index (χ3v) is 9.62. The fourth-order valence-electron chi connectivity index (χ4n) is 6.43. The summed E-state index contributed by atoms with van der Waals surface area (Å²) in [6, 6.07) is 0. The van der Waals surface area contributed by atoms with Gasteiger partial charge in [0.2, 0.25) is 0 Å². The molecular weight excluding hydrogens is 479 g/mol. The Labute approximate surface area is 245 Å². The van der Waals surface area contributed by atoms with Gasteiger partial charge in [-0.05, 0) is 62.9 Å². The summed E-state index contributed by atoms with van der Waals surface area (Å²) in [5.41, 5.74) is -0.0507. The van der Waals surface area contributed by atoms with E-state index in [1.165, 1.54) is 148 Å². The Balaban J connectivity index is 4.67. The van der Waals surface area contributed by atoms with Gasteiger partial charge in [-0.3, -0.25) is 0 Å². The molecule has 4 atom stereocenters. The van der Waals surface area contributed by atoms with Gasteiger partial charge in [0.15, 0.2) is 0 Å². The molecule has 0 aromatic carbocycles. The van der Waals surface area contributed by atoms with E-state index in [1.807, 2.05) is 0 Å². The van der Waals surface area contributed by atoms with Crippen molar-refractivity contribution in [2.45, 2.75) is 213 Å². The van der Waals surface area contributed by atoms with Crippen LogP contribution in [0.3, 0.4) is 0 Å². The molecular formula is C36H75OP. The summed E-state index contributed by atoms with van der Waals surface area (Å²) in [6.07, 6.45) is 33.2. The summed E-state index contributed by atoms with van der Waals surface area (Å²) >= 11 is 0. The van der Waals surface area contributed by atoms with Gasteiger partial charge in [-0.2, -0.15) is 0 Å². The highest BCUT2D eigenvalue weighted by Gasteiger charge is 2.35. The molecule has 1 nitrogen and oxygen atoms in total. The van der Waals surface area contributed by atoms with Gasteiger partial charge in [0, 0.05) is 0 Å². The predicted molar refractivity (Wildman–Crippen MR) is 179 cm³/mol. The summed E-state index contributed by atoms with van der Waals surface area (Å²) in [5.74, 6) is 1.54. The molecule has 4 unspecified atom stereocenters. The molecule has 0 aliphatic rings. The zero-order valence-electron chi connectivity index (χ0n) is 27.8. The number of unbranched alkanes of at least 4 members (excludes halogenated alkanes) is 15. The van der Waals surface area contributed by atoms with E-state index < -0.39 is 0 Å². The number of rotatable bonds is 29. The second kappa shape index (κ2) is 25.1. The average Bonchev–Trinajstić information content (AvgIpc) is 2.87. The van der Waals surface area contributed by atoms with Crippen LogP contribution in [0.25, 0.3) is 0 Å². The lowest BCUT2D eigenvalue weighted by molar-refractivity contribution is -0.0525. The molecule has 0 rings (SSSR count). The van der Waals surface area contributed by atoms with E-state index in [1.54, 1.807) is 0 Å². The molecule has 38 heavy (non-hydrogen) atoms. The van der Waals surface area contributed by atoms with Gasteiger partial charge < -0.3 is 4.74 Å². The molecule has 2 heteroatoms. The fourth-order valence-corrected chi connectivity index (χ4v) is 7.25. The Morgan fingerprint density at radius 3 is 1.37 bits per heavy atom. The van der Waals surface area contributed by atoms with Crippen LogP contribution in [0.4, 0.5) is 0 Å². The second-order valence-corrected chi connectivity index (χ2v) is 15.1. The van der Waals surface area contributed by atoms with Crippen molar-refractivity contribution >= 4 is 9.24 Å². The van der Waals surface area contributed by atoms with Gasteiger partial charge >= 0.3 is 0 Å². The van der Waals surface area contributed by atoms with Crippen LogP contribution < -0.4 is 0 Å². The van der Waals surface area contributed by atoms with Crippen molar-refractivity contribution in [3.63, 3.8) is 0 Å². The van der Waals surface area contributed by atoms with Gasteiger partial charge in [-0.15, -0.1) is 9.24 Å². The summed E-state index contributed by atoms with van der Waals surface area (Å²) in [4.78, 5) is 0. The molecule has 0 aliphatic heterocycles. The standard InChI is InChI=1S/C36H75OP/c1-8-12-16-18-20-22-23-25-28-33(27-14-10-3)31-37-35(5,6)32-36(7,38)34(29-15-11-4)30-26-24-21-19-17-13-9-2/h33-34H,8-32,38H2,1-7H3. The van der Waals surface area contributed by atoms with Gasteiger partial charge in [-0.1, -0.05) is 157 Å². The molecule has 0 bridgehead atoms. The van der Waals surface area contributed by atoms with Crippen molar-refractivity contribution in [2.75, 3.05) is 6.61 Å². The largest absolute Gasteiger partial charge is 0.375 e.